The third-order valence-electron chi connectivity index (χ3n) is 9.57. The molecular weight excluding hydrogens is 506 g/mol. The standard InChI is InChI=1S/C41H29N/c1-41(2)34-20-10-8-18-31(34)39-30-17-7-6-16-29(30)38(32-19-12-21-35(41)40(32)39)26-23-24-37-33(25-26)28-15-9-11-22-36(28)42(37)27-13-4-3-5-14-27/h3-25H,1-2H3. The van der Waals surface area contributed by atoms with Gasteiger partial charge >= 0.3 is 0 Å². The predicted molar refractivity (Wildman–Crippen MR) is 179 cm³/mol. The minimum atomic E-state index is -0.0874. The van der Waals surface area contributed by atoms with E-state index in [0.29, 0.717) is 0 Å². The predicted octanol–water partition coefficient (Wildman–Crippen LogP) is 11.1. The van der Waals surface area contributed by atoms with Gasteiger partial charge in [0.05, 0.1) is 11.0 Å². The van der Waals surface area contributed by atoms with Crippen molar-refractivity contribution in [3.63, 3.8) is 0 Å². The average molecular weight is 536 g/mol. The van der Waals surface area contributed by atoms with Crippen molar-refractivity contribution in [1.29, 1.82) is 0 Å². The molecule has 42 heavy (non-hydrogen) atoms. The summed E-state index contributed by atoms with van der Waals surface area (Å²) in [6.07, 6.45) is 0. The summed E-state index contributed by atoms with van der Waals surface area (Å²) in [5, 5.41) is 7.90. The van der Waals surface area contributed by atoms with Gasteiger partial charge in [0, 0.05) is 21.9 Å². The number of aromatic nitrogens is 1. The highest BCUT2D eigenvalue weighted by Gasteiger charge is 2.35. The minimum Gasteiger partial charge on any atom is -0.309 e. The Morgan fingerprint density at radius 3 is 1.90 bits per heavy atom. The van der Waals surface area contributed by atoms with E-state index in [1.807, 2.05) is 0 Å². The fraction of sp³-hybridized carbons (Fsp3) is 0.0732. The highest BCUT2D eigenvalue weighted by atomic mass is 15.0. The highest BCUT2D eigenvalue weighted by molar-refractivity contribution is 6.24. The molecule has 1 heterocycles. The topological polar surface area (TPSA) is 4.93 Å². The van der Waals surface area contributed by atoms with E-state index in [4.69, 9.17) is 0 Å². The zero-order valence-electron chi connectivity index (χ0n) is 23.7. The van der Waals surface area contributed by atoms with Crippen LogP contribution >= 0.6 is 0 Å². The number of nitrogens with zero attached hydrogens (tertiary/aromatic N) is 1. The van der Waals surface area contributed by atoms with Gasteiger partial charge in [-0.05, 0) is 85.3 Å². The molecule has 0 atom stereocenters. The first-order chi connectivity index (χ1) is 20.6. The van der Waals surface area contributed by atoms with Crippen molar-refractivity contribution in [2.24, 2.45) is 0 Å². The number of hydrogen-bond donors (Lipinski definition) is 0. The lowest BCUT2D eigenvalue weighted by Crippen LogP contribution is -2.23. The molecule has 0 saturated heterocycles. The van der Waals surface area contributed by atoms with Crippen molar-refractivity contribution >= 4 is 43.4 Å². The lowest BCUT2D eigenvalue weighted by atomic mass is 9.67. The van der Waals surface area contributed by atoms with Crippen LogP contribution in [0.25, 0.3) is 71.3 Å². The van der Waals surface area contributed by atoms with Crippen LogP contribution < -0.4 is 0 Å². The first-order valence-electron chi connectivity index (χ1n) is 14.8. The molecule has 0 unspecified atom stereocenters. The summed E-state index contributed by atoms with van der Waals surface area (Å²) in [6.45, 7) is 4.76. The molecule has 0 amide bonds. The molecule has 1 aromatic heterocycles. The van der Waals surface area contributed by atoms with Gasteiger partial charge in [-0.1, -0.05) is 123 Å². The first-order valence-corrected chi connectivity index (χ1v) is 14.8. The Kier molecular flexibility index (Phi) is 4.73. The Balaban J connectivity index is 1.43. The molecule has 198 valence electrons. The zero-order chi connectivity index (χ0) is 28.0. The lowest BCUT2D eigenvalue weighted by Gasteiger charge is -2.36. The molecule has 0 radical (unpaired) electrons. The summed E-state index contributed by atoms with van der Waals surface area (Å²) in [7, 11) is 0. The molecule has 0 aliphatic heterocycles. The third kappa shape index (κ3) is 3.03. The highest BCUT2D eigenvalue weighted by Crippen LogP contribution is 2.53. The van der Waals surface area contributed by atoms with Gasteiger partial charge in [0.25, 0.3) is 0 Å². The Hall–Kier alpha value is -5.14. The van der Waals surface area contributed by atoms with Crippen molar-refractivity contribution in [3.05, 3.63) is 151 Å². The van der Waals surface area contributed by atoms with E-state index in [0.717, 1.165) is 0 Å². The Bertz CT molecular complexity index is 2370. The van der Waals surface area contributed by atoms with Crippen LogP contribution in [0.15, 0.2) is 140 Å². The van der Waals surface area contributed by atoms with E-state index in [1.165, 1.54) is 82.4 Å². The first kappa shape index (κ1) is 23.6. The maximum Gasteiger partial charge on any atom is 0.0541 e. The van der Waals surface area contributed by atoms with Crippen molar-refractivity contribution in [2.45, 2.75) is 19.3 Å². The van der Waals surface area contributed by atoms with Crippen LogP contribution in [0.5, 0.6) is 0 Å². The van der Waals surface area contributed by atoms with Crippen LogP contribution in [0.4, 0.5) is 0 Å². The fourth-order valence-electron chi connectivity index (χ4n) is 7.72. The number of rotatable bonds is 2. The van der Waals surface area contributed by atoms with E-state index in [2.05, 4.69) is 158 Å². The smallest absolute Gasteiger partial charge is 0.0541 e. The van der Waals surface area contributed by atoms with E-state index < -0.39 is 0 Å². The monoisotopic (exact) mass is 535 g/mol. The van der Waals surface area contributed by atoms with Gasteiger partial charge in [0.1, 0.15) is 0 Å². The number of para-hydroxylation sites is 2. The van der Waals surface area contributed by atoms with Crippen LogP contribution in [0.2, 0.25) is 0 Å². The summed E-state index contributed by atoms with van der Waals surface area (Å²) in [6, 6.07) is 51.5. The summed E-state index contributed by atoms with van der Waals surface area (Å²) in [4.78, 5) is 0. The quantitative estimate of drug-likeness (QED) is 0.194. The van der Waals surface area contributed by atoms with Gasteiger partial charge in [-0.2, -0.15) is 0 Å². The number of benzene rings is 7. The zero-order valence-corrected chi connectivity index (χ0v) is 23.7. The van der Waals surface area contributed by atoms with Crippen LogP contribution in [-0.2, 0) is 5.41 Å². The molecule has 8 aromatic rings. The van der Waals surface area contributed by atoms with E-state index in [-0.39, 0.29) is 5.41 Å². The van der Waals surface area contributed by atoms with Gasteiger partial charge < -0.3 is 4.57 Å². The molecule has 0 N–H and O–H groups in total. The van der Waals surface area contributed by atoms with Gasteiger partial charge in [-0.25, -0.2) is 0 Å². The molecule has 1 aliphatic carbocycles. The number of hydrogen-bond acceptors (Lipinski definition) is 0. The van der Waals surface area contributed by atoms with Crippen LogP contribution in [0.3, 0.4) is 0 Å². The van der Waals surface area contributed by atoms with Gasteiger partial charge in [0.15, 0.2) is 0 Å². The van der Waals surface area contributed by atoms with E-state index >= 15 is 0 Å². The molecule has 1 nitrogen and oxygen atoms in total. The second-order valence-corrected chi connectivity index (χ2v) is 12.1. The largest absolute Gasteiger partial charge is 0.309 e. The SMILES string of the molecule is CC1(C)c2ccccc2-c2c3ccccc3c(-c3ccc4c(c3)c3ccccc3n4-c3ccccc3)c3cccc1c23. The van der Waals surface area contributed by atoms with Crippen molar-refractivity contribution in [1.82, 2.24) is 4.57 Å². The Labute approximate surface area is 245 Å². The van der Waals surface area contributed by atoms with E-state index in [1.54, 1.807) is 0 Å². The molecule has 0 saturated carbocycles. The molecular formula is C41H29N. The molecule has 1 heteroatoms. The second-order valence-electron chi connectivity index (χ2n) is 12.1. The van der Waals surface area contributed by atoms with Gasteiger partial charge in [-0.15, -0.1) is 0 Å². The molecule has 0 spiro atoms. The maximum absolute atomic E-state index is 2.43. The van der Waals surface area contributed by atoms with Crippen molar-refractivity contribution in [2.75, 3.05) is 0 Å². The van der Waals surface area contributed by atoms with E-state index in [9.17, 15) is 0 Å². The van der Waals surface area contributed by atoms with Gasteiger partial charge in [0.2, 0.25) is 0 Å². The van der Waals surface area contributed by atoms with Crippen LogP contribution in [-0.4, -0.2) is 4.57 Å². The minimum absolute atomic E-state index is 0.0874. The molecule has 0 fully saturated rings. The summed E-state index contributed by atoms with van der Waals surface area (Å²) >= 11 is 0. The average Bonchev–Trinajstić information content (AvgIpc) is 3.37. The summed E-state index contributed by atoms with van der Waals surface area (Å²) in [5.41, 5.74) is 11.7. The van der Waals surface area contributed by atoms with Gasteiger partial charge in [-0.3, -0.25) is 0 Å². The van der Waals surface area contributed by atoms with Crippen molar-refractivity contribution < 1.29 is 0 Å². The van der Waals surface area contributed by atoms with Crippen molar-refractivity contribution in [3.8, 4) is 27.9 Å². The summed E-state index contributed by atoms with van der Waals surface area (Å²) in [5.74, 6) is 0. The van der Waals surface area contributed by atoms with Crippen LogP contribution in [0, 0.1) is 0 Å². The third-order valence-corrected chi connectivity index (χ3v) is 9.57. The number of fused-ring (bicyclic) bond motifs is 7. The Morgan fingerprint density at radius 2 is 1.07 bits per heavy atom. The van der Waals surface area contributed by atoms with Crippen LogP contribution in [0.1, 0.15) is 25.0 Å². The molecule has 9 rings (SSSR count). The normalized spacial score (nSPS) is 13.7. The fourth-order valence-corrected chi connectivity index (χ4v) is 7.72. The molecule has 0 bridgehead atoms. The molecule has 1 aliphatic rings. The molecule has 7 aromatic carbocycles. The summed E-state index contributed by atoms with van der Waals surface area (Å²) < 4.78 is 2.39. The Morgan fingerprint density at radius 1 is 0.452 bits per heavy atom. The maximum atomic E-state index is 2.43. The lowest BCUT2D eigenvalue weighted by molar-refractivity contribution is 0.645. The second kappa shape index (κ2) is 8.44.